The second-order valence-electron chi connectivity index (χ2n) is 9.54. The van der Waals surface area contributed by atoms with Gasteiger partial charge in [-0.2, -0.15) is 0 Å². The van der Waals surface area contributed by atoms with E-state index >= 15 is 0 Å². The number of aromatic nitrogens is 2. The molecule has 0 bridgehead atoms. The van der Waals surface area contributed by atoms with Crippen LogP contribution in [0.4, 0.5) is 0 Å². The molecule has 0 fully saturated rings. The number of amides is 1. The largest absolute Gasteiger partial charge is 0.493 e. The van der Waals surface area contributed by atoms with Crippen molar-refractivity contribution in [1.29, 1.82) is 0 Å². The summed E-state index contributed by atoms with van der Waals surface area (Å²) in [6, 6.07) is 14.3. The lowest BCUT2D eigenvalue weighted by molar-refractivity contribution is 0.0947. The summed E-state index contributed by atoms with van der Waals surface area (Å²) in [7, 11) is 0. The highest BCUT2D eigenvalue weighted by Gasteiger charge is 2.23. The highest BCUT2D eigenvalue weighted by molar-refractivity contribution is 6.15. The maximum absolute atomic E-state index is 12.4. The Labute approximate surface area is 187 Å². The predicted molar refractivity (Wildman–Crippen MR) is 130 cm³/mol. The fraction of sp³-hybridized carbons (Fsp3) is 0.259. The van der Waals surface area contributed by atoms with Crippen LogP contribution in [0.2, 0.25) is 0 Å². The second-order valence-corrected chi connectivity index (χ2v) is 9.54. The highest BCUT2D eigenvalue weighted by atomic mass is 16.5. The number of hydrogen-bond donors (Lipinski definition) is 2. The topological polar surface area (TPSA) is 67.0 Å². The first-order valence-electron chi connectivity index (χ1n) is 11.0. The van der Waals surface area contributed by atoms with E-state index in [0.29, 0.717) is 13.2 Å². The van der Waals surface area contributed by atoms with E-state index < -0.39 is 0 Å². The van der Waals surface area contributed by atoms with E-state index in [2.05, 4.69) is 61.4 Å². The molecule has 1 aliphatic heterocycles. The summed E-state index contributed by atoms with van der Waals surface area (Å²) in [5.74, 6) is 0.859. The van der Waals surface area contributed by atoms with E-state index in [1.54, 1.807) is 0 Å². The molecule has 0 radical (unpaired) electrons. The molecule has 162 valence electrons. The van der Waals surface area contributed by atoms with Gasteiger partial charge >= 0.3 is 0 Å². The van der Waals surface area contributed by atoms with Gasteiger partial charge in [0.05, 0.1) is 23.4 Å². The number of aromatic amines is 1. The van der Waals surface area contributed by atoms with Crippen molar-refractivity contribution in [3.63, 3.8) is 0 Å². The minimum Gasteiger partial charge on any atom is -0.493 e. The van der Waals surface area contributed by atoms with Gasteiger partial charge in [0.2, 0.25) is 0 Å². The van der Waals surface area contributed by atoms with Gasteiger partial charge in [0.25, 0.3) is 5.91 Å². The molecule has 0 unspecified atom stereocenters. The minimum absolute atomic E-state index is 0.0226. The Morgan fingerprint density at radius 1 is 1.06 bits per heavy atom. The smallest absolute Gasteiger partial charge is 0.253 e. The summed E-state index contributed by atoms with van der Waals surface area (Å²) in [6.45, 7) is 7.81. The molecule has 3 heterocycles. The van der Waals surface area contributed by atoms with Crippen LogP contribution in [0.1, 0.15) is 48.1 Å². The monoisotopic (exact) mass is 425 g/mol. The molecule has 5 rings (SSSR count). The lowest BCUT2D eigenvalue weighted by Gasteiger charge is -2.18. The first kappa shape index (κ1) is 20.3. The Hall–Kier alpha value is -3.60. The lowest BCUT2D eigenvalue weighted by atomic mass is 9.99. The molecule has 2 N–H and O–H groups in total. The highest BCUT2D eigenvalue weighted by Crippen LogP contribution is 2.31. The van der Waals surface area contributed by atoms with E-state index in [-0.39, 0.29) is 11.3 Å². The van der Waals surface area contributed by atoms with Gasteiger partial charge in [0, 0.05) is 35.6 Å². The first-order valence-corrected chi connectivity index (χ1v) is 11.0. The quantitative estimate of drug-likeness (QED) is 0.447. The van der Waals surface area contributed by atoms with Gasteiger partial charge in [-0.15, -0.1) is 0 Å². The number of rotatable bonds is 4. The molecule has 2 aromatic carbocycles. The maximum Gasteiger partial charge on any atom is 0.253 e. The number of benzene rings is 2. The van der Waals surface area contributed by atoms with Crippen molar-refractivity contribution in [1.82, 2.24) is 15.3 Å². The first-order chi connectivity index (χ1) is 15.4. The number of nitrogens with one attached hydrogen (secondary N) is 2. The van der Waals surface area contributed by atoms with E-state index in [0.717, 1.165) is 56.4 Å². The third kappa shape index (κ3) is 3.98. The Morgan fingerprint density at radius 3 is 2.66 bits per heavy atom. The van der Waals surface area contributed by atoms with Crippen molar-refractivity contribution in [2.75, 3.05) is 13.2 Å². The number of carbonyl (C=O) groups is 1. The van der Waals surface area contributed by atoms with Crippen molar-refractivity contribution in [3.8, 4) is 5.75 Å². The summed E-state index contributed by atoms with van der Waals surface area (Å²) < 4.78 is 5.85. The van der Waals surface area contributed by atoms with Crippen LogP contribution >= 0.6 is 0 Å². The minimum atomic E-state index is -0.0226. The van der Waals surface area contributed by atoms with Crippen LogP contribution in [-0.4, -0.2) is 29.0 Å². The van der Waals surface area contributed by atoms with Crippen molar-refractivity contribution in [3.05, 3.63) is 71.2 Å². The van der Waals surface area contributed by atoms with Gasteiger partial charge in [-0.3, -0.25) is 9.78 Å². The number of hydrogen-bond acceptors (Lipinski definition) is 3. The number of ether oxygens (including phenoxy) is 1. The second kappa shape index (κ2) is 7.83. The van der Waals surface area contributed by atoms with Gasteiger partial charge < -0.3 is 15.0 Å². The molecule has 0 saturated heterocycles. The molecule has 1 aliphatic rings. The van der Waals surface area contributed by atoms with Crippen LogP contribution in [0, 0.1) is 5.41 Å². The standard InChI is InChI=1S/C27H27N3O2/c1-27(2,3)16-32-20-9-5-17(6-10-20)4-8-19-14-22-18(15-29-19)7-11-21-24-23(30-25(21)22)12-13-28-26(24)31/h4-11,14-15,29H,12-13,16H2,1-3H3,(H,28,31)/b8-4+. The van der Waals surface area contributed by atoms with Crippen LogP contribution in [0.15, 0.2) is 48.7 Å². The zero-order valence-corrected chi connectivity index (χ0v) is 18.7. The van der Waals surface area contributed by atoms with Crippen molar-refractivity contribution in [2.45, 2.75) is 27.2 Å². The summed E-state index contributed by atoms with van der Waals surface area (Å²) in [5, 5.41) is 5.98. The predicted octanol–water partition coefficient (Wildman–Crippen LogP) is 5.60. The molecular weight excluding hydrogens is 398 g/mol. The van der Waals surface area contributed by atoms with Gasteiger partial charge in [0.1, 0.15) is 5.75 Å². The molecule has 5 heteroatoms. The molecule has 0 aliphatic carbocycles. The van der Waals surface area contributed by atoms with Gasteiger partial charge in [-0.05, 0) is 40.6 Å². The van der Waals surface area contributed by atoms with E-state index in [1.165, 1.54) is 0 Å². The van der Waals surface area contributed by atoms with Crippen LogP contribution in [-0.2, 0) is 6.42 Å². The van der Waals surface area contributed by atoms with Crippen LogP contribution in [0.25, 0.3) is 33.8 Å². The van der Waals surface area contributed by atoms with Crippen molar-refractivity contribution in [2.24, 2.45) is 5.41 Å². The Kier molecular flexibility index (Phi) is 4.97. The normalized spacial score (nSPS) is 14.2. The zero-order valence-electron chi connectivity index (χ0n) is 18.7. The molecule has 32 heavy (non-hydrogen) atoms. The molecule has 2 aromatic heterocycles. The molecule has 5 nitrogen and oxygen atoms in total. The van der Waals surface area contributed by atoms with Crippen molar-refractivity contribution < 1.29 is 9.53 Å². The summed E-state index contributed by atoms with van der Waals surface area (Å²) in [4.78, 5) is 20.5. The maximum atomic E-state index is 12.4. The average molecular weight is 426 g/mol. The van der Waals surface area contributed by atoms with Crippen LogP contribution in [0.5, 0.6) is 5.75 Å². The Bertz CT molecular complexity index is 1340. The fourth-order valence-electron chi connectivity index (χ4n) is 4.00. The van der Waals surface area contributed by atoms with E-state index in [1.807, 2.05) is 30.5 Å². The molecular formula is C27H27N3O2. The van der Waals surface area contributed by atoms with E-state index in [9.17, 15) is 4.79 Å². The zero-order chi connectivity index (χ0) is 22.3. The SMILES string of the molecule is CC(C)(C)COc1ccc(/C=C/c2cc3c(ccc4c5c(nc43)CCNC5=O)c[nH]2)cc1. The average Bonchev–Trinajstić information content (AvgIpc) is 3.17. The molecule has 0 spiro atoms. The number of nitrogens with zero attached hydrogens (tertiary/aromatic N) is 1. The number of fused-ring (bicyclic) bond motifs is 5. The molecule has 4 aromatic rings. The summed E-state index contributed by atoms with van der Waals surface area (Å²) in [5.41, 5.74) is 4.73. The Balaban J connectivity index is 1.43. The van der Waals surface area contributed by atoms with Crippen LogP contribution in [0.3, 0.4) is 0 Å². The Morgan fingerprint density at radius 2 is 1.88 bits per heavy atom. The molecule has 0 atom stereocenters. The van der Waals surface area contributed by atoms with Gasteiger partial charge in [-0.25, -0.2) is 0 Å². The van der Waals surface area contributed by atoms with Gasteiger partial charge in [0.15, 0.2) is 0 Å². The van der Waals surface area contributed by atoms with E-state index in [4.69, 9.17) is 9.72 Å². The van der Waals surface area contributed by atoms with Crippen molar-refractivity contribution >= 4 is 39.7 Å². The van der Waals surface area contributed by atoms with Crippen LogP contribution < -0.4 is 10.1 Å². The van der Waals surface area contributed by atoms with Gasteiger partial charge in [-0.1, -0.05) is 51.1 Å². The summed E-state index contributed by atoms with van der Waals surface area (Å²) in [6.07, 6.45) is 6.89. The third-order valence-corrected chi connectivity index (χ3v) is 5.63. The fourth-order valence-corrected chi connectivity index (χ4v) is 4.00. The molecule has 1 amide bonds. The summed E-state index contributed by atoms with van der Waals surface area (Å²) >= 11 is 0. The number of pyridine rings is 1. The lowest BCUT2D eigenvalue weighted by Crippen LogP contribution is -2.31. The third-order valence-electron chi connectivity index (χ3n) is 5.63. The molecule has 0 saturated carbocycles. The number of H-pyrrole nitrogens is 1. The number of carbonyl (C=O) groups excluding carboxylic acids is 1.